The number of aryl methyl sites for hydroxylation is 1. The lowest BCUT2D eigenvalue weighted by Gasteiger charge is -2.20. The Labute approximate surface area is 106 Å². The van der Waals surface area contributed by atoms with Crippen molar-refractivity contribution in [2.45, 2.75) is 32.3 Å². The van der Waals surface area contributed by atoms with Crippen LogP contribution in [-0.4, -0.2) is 9.67 Å². The molecule has 0 fully saturated rings. The first-order valence-corrected chi connectivity index (χ1v) is 6.31. The van der Waals surface area contributed by atoms with Crippen LogP contribution in [0.15, 0.2) is 30.5 Å². The van der Waals surface area contributed by atoms with E-state index in [0.717, 1.165) is 36.1 Å². The van der Waals surface area contributed by atoms with Crippen LogP contribution >= 0.6 is 0 Å². The average molecular weight is 245 g/mol. The molecule has 3 rings (SSSR count). The van der Waals surface area contributed by atoms with Crippen molar-refractivity contribution in [2.24, 2.45) is 0 Å². The molecular formula is C15H16FNO. The number of aromatic nitrogens is 1. The van der Waals surface area contributed by atoms with Crippen LogP contribution in [0.1, 0.15) is 35.8 Å². The van der Waals surface area contributed by atoms with Crippen molar-refractivity contribution in [3.63, 3.8) is 0 Å². The zero-order valence-electron chi connectivity index (χ0n) is 10.4. The quantitative estimate of drug-likeness (QED) is 0.819. The van der Waals surface area contributed by atoms with Crippen molar-refractivity contribution in [2.75, 3.05) is 0 Å². The minimum Gasteiger partial charge on any atom is -0.388 e. The van der Waals surface area contributed by atoms with Crippen molar-refractivity contribution in [1.29, 1.82) is 0 Å². The molecular weight excluding hydrogens is 229 g/mol. The van der Waals surface area contributed by atoms with Crippen LogP contribution in [0.5, 0.6) is 0 Å². The van der Waals surface area contributed by atoms with Gasteiger partial charge in [0.1, 0.15) is 5.82 Å². The van der Waals surface area contributed by atoms with Gasteiger partial charge in [-0.15, -0.1) is 0 Å². The fourth-order valence-electron chi connectivity index (χ4n) is 2.70. The Morgan fingerprint density at radius 2 is 2.17 bits per heavy atom. The van der Waals surface area contributed by atoms with Crippen LogP contribution in [-0.2, 0) is 6.42 Å². The summed E-state index contributed by atoms with van der Waals surface area (Å²) in [7, 11) is 0. The number of hydrogen-bond acceptors (Lipinski definition) is 1. The summed E-state index contributed by atoms with van der Waals surface area (Å²) >= 11 is 0. The van der Waals surface area contributed by atoms with E-state index in [1.807, 2.05) is 29.8 Å². The van der Waals surface area contributed by atoms with Gasteiger partial charge in [-0.2, -0.15) is 0 Å². The molecule has 0 amide bonds. The van der Waals surface area contributed by atoms with E-state index in [1.165, 1.54) is 0 Å². The van der Waals surface area contributed by atoms with Gasteiger partial charge in [0.15, 0.2) is 0 Å². The van der Waals surface area contributed by atoms with E-state index in [4.69, 9.17) is 0 Å². The molecule has 0 bridgehead atoms. The number of benzene rings is 1. The van der Waals surface area contributed by atoms with Gasteiger partial charge in [0.25, 0.3) is 0 Å². The first-order chi connectivity index (χ1) is 8.66. The van der Waals surface area contributed by atoms with Crippen LogP contribution < -0.4 is 0 Å². The lowest BCUT2D eigenvalue weighted by molar-refractivity contribution is 0.156. The van der Waals surface area contributed by atoms with Gasteiger partial charge in [-0.3, -0.25) is 0 Å². The average Bonchev–Trinajstić information content (AvgIpc) is 2.74. The molecule has 1 unspecified atom stereocenters. The highest BCUT2D eigenvalue weighted by atomic mass is 19.1. The van der Waals surface area contributed by atoms with Crippen LogP contribution in [0.3, 0.4) is 0 Å². The molecule has 0 aliphatic heterocycles. The highest BCUT2D eigenvalue weighted by Crippen LogP contribution is 2.32. The Hall–Kier alpha value is -1.61. The maximum atomic E-state index is 14.0. The fourth-order valence-corrected chi connectivity index (χ4v) is 2.70. The molecule has 2 nitrogen and oxygen atoms in total. The van der Waals surface area contributed by atoms with Crippen molar-refractivity contribution < 1.29 is 9.50 Å². The molecule has 1 atom stereocenters. The molecule has 18 heavy (non-hydrogen) atoms. The molecule has 0 saturated carbocycles. The lowest BCUT2D eigenvalue weighted by atomic mass is 9.95. The number of fused-ring (bicyclic) bond motifs is 1. The molecule has 1 N–H and O–H groups in total. The maximum absolute atomic E-state index is 14.0. The van der Waals surface area contributed by atoms with Crippen molar-refractivity contribution in [1.82, 2.24) is 4.57 Å². The van der Waals surface area contributed by atoms with Crippen LogP contribution in [0, 0.1) is 12.7 Å². The third-order valence-corrected chi connectivity index (χ3v) is 3.64. The van der Waals surface area contributed by atoms with Gasteiger partial charge in [0.05, 0.1) is 11.8 Å². The van der Waals surface area contributed by atoms with Gasteiger partial charge in [0, 0.05) is 17.5 Å². The summed E-state index contributed by atoms with van der Waals surface area (Å²) in [5, 5.41) is 9.93. The number of rotatable bonds is 1. The second-order valence-electron chi connectivity index (χ2n) is 4.95. The van der Waals surface area contributed by atoms with E-state index in [0.29, 0.717) is 5.69 Å². The number of aliphatic hydroxyl groups is 1. The second kappa shape index (κ2) is 4.25. The van der Waals surface area contributed by atoms with Gasteiger partial charge in [-0.1, -0.05) is 6.07 Å². The molecule has 1 heterocycles. The Bertz CT molecular complexity index is 588. The van der Waals surface area contributed by atoms with Crippen molar-refractivity contribution in [3.8, 4) is 5.69 Å². The molecule has 2 aromatic rings. The molecule has 1 aromatic heterocycles. The summed E-state index contributed by atoms with van der Waals surface area (Å²) in [6, 6.07) is 7.15. The monoisotopic (exact) mass is 245 g/mol. The fraction of sp³-hybridized carbons (Fsp3) is 0.333. The van der Waals surface area contributed by atoms with Gasteiger partial charge in [0.2, 0.25) is 0 Å². The van der Waals surface area contributed by atoms with Gasteiger partial charge in [-0.25, -0.2) is 4.39 Å². The van der Waals surface area contributed by atoms with Crippen molar-refractivity contribution >= 4 is 0 Å². The Balaban J connectivity index is 2.12. The highest BCUT2D eigenvalue weighted by molar-refractivity contribution is 5.42. The van der Waals surface area contributed by atoms with E-state index in [1.54, 1.807) is 12.1 Å². The van der Waals surface area contributed by atoms with E-state index in [-0.39, 0.29) is 5.82 Å². The van der Waals surface area contributed by atoms with Crippen LogP contribution in [0.25, 0.3) is 5.69 Å². The molecule has 0 saturated heterocycles. The van der Waals surface area contributed by atoms with Gasteiger partial charge < -0.3 is 9.67 Å². The Morgan fingerprint density at radius 1 is 1.33 bits per heavy atom. The largest absolute Gasteiger partial charge is 0.388 e. The first kappa shape index (κ1) is 11.5. The molecule has 94 valence electrons. The third kappa shape index (κ3) is 1.75. The smallest absolute Gasteiger partial charge is 0.147 e. The molecule has 0 radical (unpaired) electrons. The lowest BCUT2D eigenvalue weighted by Crippen LogP contribution is -2.11. The molecule has 1 aromatic carbocycles. The molecule has 1 aliphatic carbocycles. The zero-order chi connectivity index (χ0) is 12.7. The van der Waals surface area contributed by atoms with Gasteiger partial charge in [-0.05, 0) is 49.9 Å². The van der Waals surface area contributed by atoms with Crippen molar-refractivity contribution in [3.05, 3.63) is 53.1 Å². The van der Waals surface area contributed by atoms with Crippen LogP contribution in [0.2, 0.25) is 0 Å². The van der Waals surface area contributed by atoms with E-state index < -0.39 is 6.10 Å². The van der Waals surface area contributed by atoms with E-state index >= 15 is 0 Å². The zero-order valence-corrected chi connectivity index (χ0v) is 10.4. The Kier molecular flexibility index (Phi) is 2.71. The summed E-state index contributed by atoms with van der Waals surface area (Å²) in [6.07, 6.45) is 4.10. The van der Waals surface area contributed by atoms with Crippen LogP contribution in [0.4, 0.5) is 4.39 Å². The predicted molar refractivity (Wildman–Crippen MR) is 68.4 cm³/mol. The SMILES string of the molecule is Cc1ccc(-n2ccc3c2CCCC3O)c(F)c1. The maximum Gasteiger partial charge on any atom is 0.147 e. The molecule has 1 aliphatic rings. The van der Waals surface area contributed by atoms with Gasteiger partial charge >= 0.3 is 0 Å². The minimum atomic E-state index is -0.400. The topological polar surface area (TPSA) is 25.2 Å². The summed E-state index contributed by atoms with van der Waals surface area (Å²) < 4.78 is 15.9. The number of hydrogen-bond donors (Lipinski definition) is 1. The normalized spacial score (nSPS) is 18.7. The van der Waals surface area contributed by atoms with E-state index in [2.05, 4.69) is 0 Å². The summed E-state index contributed by atoms with van der Waals surface area (Å²) in [5.41, 5.74) is 3.46. The summed E-state index contributed by atoms with van der Waals surface area (Å²) in [5.74, 6) is -0.214. The summed E-state index contributed by atoms with van der Waals surface area (Å²) in [6.45, 7) is 1.88. The number of aliphatic hydroxyl groups excluding tert-OH is 1. The molecule has 0 spiro atoms. The molecule has 3 heteroatoms. The summed E-state index contributed by atoms with van der Waals surface area (Å²) in [4.78, 5) is 0. The third-order valence-electron chi connectivity index (χ3n) is 3.64. The second-order valence-corrected chi connectivity index (χ2v) is 4.95. The Morgan fingerprint density at radius 3 is 2.94 bits per heavy atom. The minimum absolute atomic E-state index is 0.214. The number of nitrogens with zero attached hydrogens (tertiary/aromatic N) is 1. The first-order valence-electron chi connectivity index (χ1n) is 6.31. The predicted octanol–water partition coefficient (Wildman–Crippen LogP) is 3.29. The standard InChI is InChI=1S/C15H16FNO/c1-10-5-6-14(12(16)9-10)17-8-7-11-13(17)3-2-4-15(11)18/h5-9,15,18H,2-4H2,1H3. The highest BCUT2D eigenvalue weighted by Gasteiger charge is 2.22. The van der Waals surface area contributed by atoms with E-state index in [9.17, 15) is 9.50 Å². The number of halogens is 1.